The van der Waals surface area contributed by atoms with Crippen molar-refractivity contribution in [3.05, 3.63) is 52.0 Å². The molecule has 0 unspecified atom stereocenters. The summed E-state index contributed by atoms with van der Waals surface area (Å²) in [5, 5.41) is 12.5. The molecule has 0 fully saturated rings. The van der Waals surface area contributed by atoms with E-state index in [2.05, 4.69) is 5.32 Å². The van der Waals surface area contributed by atoms with E-state index in [0.717, 1.165) is 11.1 Å². The van der Waals surface area contributed by atoms with Crippen molar-refractivity contribution in [2.24, 2.45) is 0 Å². The fraction of sp³-hybridized carbons (Fsp3) is 0.133. The highest BCUT2D eigenvalue weighted by Gasteiger charge is 2.14. The maximum absolute atomic E-state index is 12.2. The minimum atomic E-state index is -0.411. The summed E-state index contributed by atoms with van der Waals surface area (Å²) in [6, 6.07) is 7.84. The van der Waals surface area contributed by atoms with Gasteiger partial charge in [-0.2, -0.15) is 0 Å². The molecule has 4 N–H and O–H groups in total. The zero-order valence-electron chi connectivity index (χ0n) is 11.2. The Morgan fingerprint density at radius 2 is 1.95 bits per heavy atom. The van der Waals surface area contributed by atoms with Gasteiger partial charge in [-0.25, -0.2) is 0 Å². The summed E-state index contributed by atoms with van der Waals surface area (Å²) in [4.78, 5) is 12.2. The molecule has 2 aromatic carbocycles. The normalized spacial score (nSPS) is 10.3. The number of hydrogen-bond donors (Lipinski definition) is 3. The van der Waals surface area contributed by atoms with Crippen LogP contribution in [0.4, 0.5) is 11.4 Å². The number of aryl methyl sites for hydroxylation is 1. The molecule has 20 heavy (non-hydrogen) atoms. The number of nitrogens with one attached hydrogen (secondary N) is 1. The lowest BCUT2D eigenvalue weighted by atomic mass is 10.1. The molecule has 0 heterocycles. The number of amides is 1. The van der Waals surface area contributed by atoms with Crippen molar-refractivity contribution < 1.29 is 9.90 Å². The molecular formula is C15H15ClN2O2. The van der Waals surface area contributed by atoms with Gasteiger partial charge in [-0.3, -0.25) is 4.79 Å². The third-order valence-electron chi connectivity index (χ3n) is 3.20. The number of nitrogen functional groups attached to an aromatic ring is 1. The number of carbonyl (C=O) groups is 1. The summed E-state index contributed by atoms with van der Waals surface area (Å²) in [6.07, 6.45) is 0. The molecule has 0 radical (unpaired) electrons. The van der Waals surface area contributed by atoms with E-state index in [1.165, 1.54) is 18.2 Å². The zero-order valence-corrected chi connectivity index (χ0v) is 12.0. The third kappa shape index (κ3) is 2.70. The van der Waals surface area contributed by atoms with Crippen LogP contribution in [0.25, 0.3) is 0 Å². The number of phenolic OH excluding ortho intramolecular Hbond substituents is 1. The summed E-state index contributed by atoms with van der Waals surface area (Å²) in [5.41, 5.74) is 9.06. The summed E-state index contributed by atoms with van der Waals surface area (Å²) in [6.45, 7) is 3.82. The molecule has 0 aliphatic heterocycles. The van der Waals surface area contributed by atoms with Crippen molar-refractivity contribution in [2.75, 3.05) is 11.1 Å². The zero-order chi connectivity index (χ0) is 14.9. The van der Waals surface area contributed by atoms with Crippen LogP contribution in [0.5, 0.6) is 5.75 Å². The summed E-state index contributed by atoms with van der Waals surface area (Å²) < 4.78 is 0. The molecule has 5 heteroatoms. The molecule has 0 atom stereocenters. The Labute approximate surface area is 122 Å². The lowest BCUT2D eigenvalue weighted by molar-refractivity contribution is 0.102. The van der Waals surface area contributed by atoms with Crippen molar-refractivity contribution in [1.82, 2.24) is 0 Å². The van der Waals surface area contributed by atoms with E-state index >= 15 is 0 Å². The smallest absolute Gasteiger partial charge is 0.257 e. The molecule has 4 nitrogen and oxygen atoms in total. The van der Waals surface area contributed by atoms with Gasteiger partial charge >= 0.3 is 0 Å². The lowest BCUT2D eigenvalue weighted by Crippen LogP contribution is -2.15. The molecule has 2 rings (SSSR count). The molecule has 0 bridgehead atoms. The minimum absolute atomic E-state index is 0.0199. The van der Waals surface area contributed by atoms with Gasteiger partial charge in [-0.15, -0.1) is 0 Å². The molecule has 1 amide bonds. The number of phenols is 1. The summed E-state index contributed by atoms with van der Waals surface area (Å²) in [7, 11) is 0. The van der Waals surface area contributed by atoms with Crippen LogP contribution < -0.4 is 11.1 Å². The van der Waals surface area contributed by atoms with Crippen molar-refractivity contribution in [3.8, 4) is 5.75 Å². The molecular weight excluding hydrogens is 276 g/mol. The number of halogens is 1. The van der Waals surface area contributed by atoms with Crippen LogP contribution in [0, 0.1) is 13.8 Å². The van der Waals surface area contributed by atoms with E-state index < -0.39 is 5.91 Å². The standard InChI is InChI=1S/C15H15ClN2O2/c1-8-3-6-13(17)14(9(8)2)18-15(20)11-7-10(19)4-5-12(11)16/h3-7,19H,17H2,1-2H3,(H,18,20). The van der Waals surface area contributed by atoms with Gasteiger partial charge in [0.2, 0.25) is 0 Å². The topological polar surface area (TPSA) is 75.3 Å². The number of hydrogen-bond acceptors (Lipinski definition) is 3. The first-order valence-electron chi connectivity index (χ1n) is 6.05. The number of benzene rings is 2. The van der Waals surface area contributed by atoms with Gasteiger partial charge in [-0.05, 0) is 49.2 Å². The SMILES string of the molecule is Cc1ccc(N)c(NC(=O)c2cc(O)ccc2Cl)c1C. The average molecular weight is 291 g/mol. The molecule has 2 aromatic rings. The van der Waals surface area contributed by atoms with Crippen LogP contribution in [0.3, 0.4) is 0 Å². The van der Waals surface area contributed by atoms with Crippen LogP contribution in [0.15, 0.2) is 30.3 Å². The van der Waals surface area contributed by atoms with Crippen molar-refractivity contribution >= 4 is 28.9 Å². The number of anilines is 2. The van der Waals surface area contributed by atoms with Crippen LogP contribution >= 0.6 is 11.6 Å². The predicted molar refractivity (Wildman–Crippen MR) is 81.4 cm³/mol. The fourth-order valence-corrected chi connectivity index (χ4v) is 2.07. The van der Waals surface area contributed by atoms with Crippen molar-refractivity contribution in [2.45, 2.75) is 13.8 Å². The van der Waals surface area contributed by atoms with Crippen molar-refractivity contribution in [1.29, 1.82) is 0 Å². The van der Waals surface area contributed by atoms with Crippen LogP contribution in [0.1, 0.15) is 21.5 Å². The molecule has 0 saturated heterocycles. The second kappa shape index (κ2) is 5.43. The van der Waals surface area contributed by atoms with Crippen LogP contribution in [-0.4, -0.2) is 11.0 Å². The van der Waals surface area contributed by atoms with Crippen LogP contribution in [0.2, 0.25) is 5.02 Å². The largest absolute Gasteiger partial charge is 0.508 e. The minimum Gasteiger partial charge on any atom is -0.508 e. The molecule has 0 saturated carbocycles. The Balaban J connectivity index is 2.38. The molecule has 0 aliphatic carbocycles. The Hall–Kier alpha value is -2.20. The first-order chi connectivity index (χ1) is 9.40. The quantitative estimate of drug-likeness (QED) is 0.741. The predicted octanol–water partition coefficient (Wildman–Crippen LogP) is 3.50. The van der Waals surface area contributed by atoms with E-state index in [4.69, 9.17) is 17.3 Å². The monoisotopic (exact) mass is 290 g/mol. The van der Waals surface area contributed by atoms with Gasteiger partial charge < -0.3 is 16.2 Å². The van der Waals surface area contributed by atoms with Gasteiger partial charge in [-0.1, -0.05) is 17.7 Å². The second-order valence-electron chi connectivity index (χ2n) is 4.59. The molecule has 0 spiro atoms. The highest BCUT2D eigenvalue weighted by atomic mass is 35.5. The van der Waals surface area contributed by atoms with E-state index in [1.54, 1.807) is 6.07 Å². The number of nitrogens with two attached hydrogens (primary N) is 1. The molecule has 104 valence electrons. The van der Waals surface area contributed by atoms with E-state index in [-0.39, 0.29) is 16.3 Å². The first-order valence-corrected chi connectivity index (χ1v) is 6.43. The maximum Gasteiger partial charge on any atom is 0.257 e. The molecule has 0 aliphatic rings. The van der Waals surface area contributed by atoms with Gasteiger partial charge in [0, 0.05) is 0 Å². The van der Waals surface area contributed by atoms with Gasteiger partial charge in [0.25, 0.3) is 5.91 Å². The maximum atomic E-state index is 12.2. The summed E-state index contributed by atoms with van der Waals surface area (Å²) in [5.74, 6) is -0.431. The fourth-order valence-electron chi connectivity index (χ4n) is 1.87. The van der Waals surface area contributed by atoms with E-state index in [1.807, 2.05) is 19.9 Å². The van der Waals surface area contributed by atoms with Gasteiger partial charge in [0.1, 0.15) is 5.75 Å². The number of rotatable bonds is 2. The van der Waals surface area contributed by atoms with E-state index in [9.17, 15) is 9.90 Å². The molecule has 0 aromatic heterocycles. The summed E-state index contributed by atoms with van der Waals surface area (Å²) >= 11 is 5.96. The Bertz CT molecular complexity index is 684. The number of carbonyl (C=O) groups excluding carboxylic acids is 1. The van der Waals surface area contributed by atoms with E-state index in [0.29, 0.717) is 11.4 Å². The van der Waals surface area contributed by atoms with Crippen LogP contribution in [-0.2, 0) is 0 Å². The number of aromatic hydroxyl groups is 1. The Morgan fingerprint density at radius 3 is 2.65 bits per heavy atom. The second-order valence-corrected chi connectivity index (χ2v) is 5.00. The first kappa shape index (κ1) is 14.2. The average Bonchev–Trinajstić information content (AvgIpc) is 2.41. The Morgan fingerprint density at radius 1 is 1.25 bits per heavy atom. The van der Waals surface area contributed by atoms with Gasteiger partial charge in [0.05, 0.1) is 22.0 Å². The Kier molecular flexibility index (Phi) is 3.86. The van der Waals surface area contributed by atoms with Gasteiger partial charge in [0.15, 0.2) is 0 Å². The van der Waals surface area contributed by atoms with Crippen molar-refractivity contribution in [3.63, 3.8) is 0 Å². The highest BCUT2D eigenvalue weighted by molar-refractivity contribution is 6.34. The highest BCUT2D eigenvalue weighted by Crippen LogP contribution is 2.28. The lowest BCUT2D eigenvalue weighted by Gasteiger charge is -2.14. The third-order valence-corrected chi connectivity index (χ3v) is 3.53.